The second-order valence-corrected chi connectivity index (χ2v) is 7.64. The van der Waals surface area contributed by atoms with Crippen molar-refractivity contribution in [2.75, 3.05) is 0 Å². The number of aryl methyl sites for hydroxylation is 1. The maximum Gasteiger partial charge on any atom is 0.159 e. The van der Waals surface area contributed by atoms with Crippen LogP contribution in [0.5, 0.6) is 0 Å². The summed E-state index contributed by atoms with van der Waals surface area (Å²) in [7, 11) is 0. The molecule has 0 atom stereocenters. The van der Waals surface area contributed by atoms with Crippen molar-refractivity contribution >= 4 is 11.0 Å². The number of hydrogen-bond acceptors (Lipinski definition) is 2. The van der Waals surface area contributed by atoms with Gasteiger partial charge in [0, 0.05) is 17.5 Å². The Labute approximate surface area is 141 Å². The number of fused-ring (bicyclic) bond motifs is 1. The number of rotatable bonds is 2. The van der Waals surface area contributed by atoms with Crippen molar-refractivity contribution in [2.45, 2.75) is 52.0 Å². The summed E-state index contributed by atoms with van der Waals surface area (Å²) in [6.45, 7) is 8.40. The molecule has 0 N–H and O–H groups in total. The smallest absolute Gasteiger partial charge is 0.159 e. The SMILES string of the molecule is Cc1nn(C(C)(C)C)c2nc(C3CC3)[c]c(-c3ccc(F)cc3)c12. The van der Waals surface area contributed by atoms with E-state index in [1.807, 2.05) is 23.7 Å². The molecular weight excluding hydrogens is 301 g/mol. The normalized spacial score (nSPS) is 15.2. The molecule has 0 saturated heterocycles. The van der Waals surface area contributed by atoms with Crippen molar-refractivity contribution in [3.05, 3.63) is 47.5 Å². The molecule has 0 unspecified atom stereocenters. The Morgan fingerprint density at radius 3 is 2.42 bits per heavy atom. The molecule has 1 radical (unpaired) electrons. The molecule has 123 valence electrons. The number of hydrogen-bond donors (Lipinski definition) is 0. The maximum atomic E-state index is 13.3. The lowest BCUT2D eigenvalue weighted by Crippen LogP contribution is -2.23. The van der Waals surface area contributed by atoms with Crippen LogP contribution in [0.1, 0.15) is 50.9 Å². The summed E-state index contributed by atoms with van der Waals surface area (Å²) in [5.74, 6) is 0.269. The van der Waals surface area contributed by atoms with E-state index in [2.05, 4.69) is 26.8 Å². The van der Waals surface area contributed by atoms with Gasteiger partial charge >= 0.3 is 0 Å². The van der Waals surface area contributed by atoms with Gasteiger partial charge in [0.05, 0.1) is 22.3 Å². The van der Waals surface area contributed by atoms with E-state index in [-0.39, 0.29) is 11.4 Å². The molecule has 4 rings (SSSR count). The van der Waals surface area contributed by atoms with E-state index in [4.69, 9.17) is 10.1 Å². The number of aromatic nitrogens is 3. The van der Waals surface area contributed by atoms with Gasteiger partial charge in [-0.1, -0.05) is 12.1 Å². The van der Waals surface area contributed by atoms with Crippen molar-refractivity contribution in [1.82, 2.24) is 14.8 Å². The summed E-state index contributed by atoms with van der Waals surface area (Å²) in [5, 5.41) is 5.76. The quantitative estimate of drug-likeness (QED) is 0.666. The minimum Gasteiger partial charge on any atom is -0.242 e. The first-order chi connectivity index (χ1) is 11.3. The first-order valence-corrected chi connectivity index (χ1v) is 8.43. The van der Waals surface area contributed by atoms with E-state index in [0.717, 1.165) is 33.5 Å². The molecule has 3 nitrogen and oxygen atoms in total. The molecule has 0 amide bonds. The first-order valence-electron chi connectivity index (χ1n) is 8.43. The monoisotopic (exact) mass is 322 g/mol. The van der Waals surface area contributed by atoms with Crippen molar-refractivity contribution in [3.63, 3.8) is 0 Å². The molecule has 2 heterocycles. The lowest BCUT2D eigenvalue weighted by Gasteiger charge is -2.20. The van der Waals surface area contributed by atoms with Crippen molar-refractivity contribution in [3.8, 4) is 11.1 Å². The standard InChI is InChI=1S/C20H21FN3/c1-12-18-16(13-7-9-15(21)10-8-13)11-17(14-5-6-14)22-19(18)24(23-12)20(2,3)4/h7-10,14H,5-6H2,1-4H3. The molecule has 1 saturated carbocycles. The zero-order chi connectivity index (χ0) is 17.1. The van der Waals surface area contributed by atoms with E-state index in [9.17, 15) is 4.39 Å². The van der Waals surface area contributed by atoms with E-state index in [0.29, 0.717) is 5.92 Å². The second kappa shape index (κ2) is 5.13. The van der Waals surface area contributed by atoms with Gasteiger partial charge in [-0.05, 0) is 58.2 Å². The molecule has 2 aromatic heterocycles. The highest BCUT2D eigenvalue weighted by Gasteiger charge is 2.29. The lowest BCUT2D eigenvalue weighted by atomic mass is 10.00. The molecule has 3 aromatic rings. The van der Waals surface area contributed by atoms with Gasteiger partial charge < -0.3 is 0 Å². The largest absolute Gasteiger partial charge is 0.242 e. The Balaban J connectivity index is 2.04. The topological polar surface area (TPSA) is 30.7 Å². The van der Waals surface area contributed by atoms with Crippen LogP contribution in [-0.2, 0) is 5.54 Å². The van der Waals surface area contributed by atoms with Crippen LogP contribution in [0.25, 0.3) is 22.2 Å². The average Bonchev–Trinajstić information content (AvgIpc) is 3.31. The van der Waals surface area contributed by atoms with Crippen LogP contribution < -0.4 is 0 Å². The molecular formula is C20H21FN3. The van der Waals surface area contributed by atoms with Gasteiger partial charge in [0.15, 0.2) is 5.65 Å². The van der Waals surface area contributed by atoms with Crippen LogP contribution in [0.3, 0.4) is 0 Å². The van der Waals surface area contributed by atoms with Crippen LogP contribution in [-0.4, -0.2) is 14.8 Å². The molecule has 24 heavy (non-hydrogen) atoms. The van der Waals surface area contributed by atoms with E-state index in [1.165, 1.54) is 25.0 Å². The van der Waals surface area contributed by atoms with Gasteiger partial charge in [-0.2, -0.15) is 5.10 Å². The fourth-order valence-corrected chi connectivity index (χ4v) is 3.09. The van der Waals surface area contributed by atoms with E-state index in [1.54, 1.807) is 0 Å². The van der Waals surface area contributed by atoms with Crippen molar-refractivity contribution in [2.24, 2.45) is 0 Å². The predicted molar refractivity (Wildman–Crippen MR) is 93.5 cm³/mol. The highest BCUT2D eigenvalue weighted by molar-refractivity contribution is 5.95. The van der Waals surface area contributed by atoms with E-state index < -0.39 is 0 Å². The average molecular weight is 322 g/mol. The maximum absolute atomic E-state index is 13.3. The van der Waals surface area contributed by atoms with Gasteiger partial charge in [-0.15, -0.1) is 0 Å². The van der Waals surface area contributed by atoms with Crippen LogP contribution in [0.2, 0.25) is 0 Å². The van der Waals surface area contributed by atoms with Crippen LogP contribution in [0, 0.1) is 18.8 Å². The third-order valence-electron chi connectivity index (χ3n) is 4.50. The van der Waals surface area contributed by atoms with Gasteiger partial charge in [0.2, 0.25) is 0 Å². The molecule has 4 heteroatoms. The van der Waals surface area contributed by atoms with Crippen LogP contribution in [0.4, 0.5) is 4.39 Å². The minimum atomic E-state index is -0.228. The Hall–Kier alpha value is -2.23. The number of nitrogens with zero attached hydrogens (tertiary/aromatic N) is 3. The van der Waals surface area contributed by atoms with Gasteiger partial charge in [-0.3, -0.25) is 0 Å². The third-order valence-corrected chi connectivity index (χ3v) is 4.50. The minimum absolute atomic E-state index is 0.151. The summed E-state index contributed by atoms with van der Waals surface area (Å²) in [4.78, 5) is 4.90. The first kappa shape index (κ1) is 15.3. The van der Waals surface area contributed by atoms with Crippen molar-refractivity contribution in [1.29, 1.82) is 0 Å². The molecule has 0 spiro atoms. The fraction of sp³-hybridized carbons (Fsp3) is 0.400. The molecule has 0 bridgehead atoms. The molecule has 1 aromatic carbocycles. The summed E-state index contributed by atoms with van der Waals surface area (Å²) in [5.41, 5.74) is 4.64. The molecule has 0 aliphatic heterocycles. The number of pyridine rings is 1. The summed E-state index contributed by atoms with van der Waals surface area (Å²) in [6.07, 6.45) is 2.33. The Kier molecular flexibility index (Phi) is 3.27. The highest BCUT2D eigenvalue weighted by Crippen LogP contribution is 2.42. The van der Waals surface area contributed by atoms with Gasteiger partial charge in [0.25, 0.3) is 0 Å². The molecule has 1 fully saturated rings. The lowest BCUT2D eigenvalue weighted by molar-refractivity contribution is 0.364. The summed E-state index contributed by atoms with van der Waals surface area (Å²) < 4.78 is 15.3. The fourth-order valence-electron chi connectivity index (χ4n) is 3.09. The van der Waals surface area contributed by atoms with Crippen LogP contribution >= 0.6 is 0 Å². The predicted octanol–water partition coefficient (Wildman–Crippen LogP) is 4.98. The highest BCUT2D eigenvalue weighted by atomic mass is 19.1. The Morgan fingerprint density at radius 2 is 1.83 bits per heavy atom. The summed E-state index contributed by atoms with van der Waals surface area (Å²) in [6, 6.07) is 10.1. The zero-order valence-corrected chi connectivity index (χ0v) is 14.5. The molecule has 1 aliphatic rings. The Bertz CT molecular complexity index is 913. The number of halogens is 1. The summed E-state index contributed by atoms with van der Waals surface area (Å²) >= 11 is 0. The Morgan fingerprint density at radius 1 is 1.17 bits per heavy atom. The second-order valence-electron chi connectivity index (χ2n) is 7.64. The third kappa shape index (κ3) is 2.50. The van der Waals surface area contributed by atoms with Crippen LogP contribution in [0.15, 0.2) is 24.3 Å². The van der Waals surface area contributed by atoms with Gasteiger partial charge in [-0.25, -0.2) is 14.1 Å². The number of benzene rings is 1. The van der Waals surface area contributed by atoms with E-state index >= 15 is 0 Å². The molecule has 1 aliphatic carbocycles. The van der Waals surface area contributed by atoms with Gasteiger partial charge in [0.1, 0.15) is 5.82 Å². The zero-order valence-electron chi connectivity index (χ0n) is 14.5. The van der Waals surface area contributed by atoms with Crippen molar-refractivity contribution < 1.29 is 4.39 Å².